The van der Waals surface area contributed by atoms with Gasteiger partial charge in [-0.05, 0) is 45.8 Å². The van der Waals surface area contributed by atoms with Crippen LogP contribution in [0.1, 0.15) is 11.1 Å². The van der Waals surface area contributed by atoms with Crippen molar-refractivity contribution in [2.75, 3.05) is 5.73 Å². The van der Waals surface area contributed by atoms with Gasteiger partial charge in [0.15, 0.2) is 5.75 Å². The summed E-state index contributed by atoms with van der Waals surface area (Å²) in [6.45, 7) is 0.377. The summed E-state index contributed by atoms with van der Waals surface area (Å²) in [5.41, 5.74) is 7.97. The summed E-state index contributed by atoms with van der Waals surface area (Å²) >= 11 is 3.39. The van der Waals surface area contributed by atoms with Crippen LogP contribution in [0.5, 0.6) is 5.75 Å². The first-order valence-corrected chi connectivity index (χ1v) is 6.16. The lowest BCUT2D eigenvalue weighted by molar-refractivity contribution is 0.306. The van der Waals surface area contributed by atoms with E-state index in [2.05, 4.69) is 22.0 Å². The van der Waals surface area contributed by atoms with E-state index in [1.165, 1.54) is 0 Å². The molecule has 0 aliphatic carbocycles. The highest BCUT2D eigenvalue weighted by Gasteiger charge is 2.05. The third kappa shape index (κ3) is 2.82. The highest BCUT2D eigenvalue weighted by molar-refractivity contribution is 9.10. The zero-order valence-electron chi connectivity index (χ0n) is 9.56. The van der Waals surface area contributed by atoms with Crippen LogP contribution in [0.15, 0.2) is 46.9 Å². The zero-order chi connectivity index (χ0) is 13.0. The lowest BCUT2D eigenvalue weighted by Crippen LogP contribution is -1.99. The maximum atomic E-state index is 8.82. The molecule has 0 aliphatic heterocycles. The Kier molecular flexibility index (Phi) is 3.85. The van der Waals surface area contributed by atoms with Gasteiger partial charge in [0.2, 0.25) is 0 Å². The van der Waals surface area contributed by atoms with Crippen LogP contribution in [0, 0.1) is 11.3 Å². The van der Waals surface area contributed by atoms with Crippen molar-refractivity contribution in [3.05, 3.63) is 58.1 Å². The van der Waals surface area contributed by atoms with Crippen molar-refractivity contribution in [3.63, 3.8) is 0 Å². The van der Waals surface area contributed by atoms with Crippen LogP contribution >= 0.6 is 15.9 Å². The summed E-state index contributed by atoms with van der Waals surface area (Å²) in [4.78, 5) is 0. The fraction of sp³-hybridized carbons (Fsp3) is 0.0714. The van der Waals surface area contributed by atoms with Crippen molar-refractivity contribution in [2.24, 2.45) is 0 Å². The lowest BCUT2D eigenvalue weighted by Gasteiger charge is -2.10. The minimum atomic E-state index is 0.377. The number of hydrogen-bond donors (Lipinski definition) is 1. The minimum Gasteiger partial charge on any atom is -0.486 e. The summed E-state index contributed by atoms with van der Waals surface area (Å²) in [7, 11) is 0. The van der Waals surface area contributed by atoms with Crippen LogP contribution in [0.4, 0.5) is 5.69 Å². The van der Waals surface area contributed by atoms with E-state index in [4.69, 9.17) is 15.7 Å². The van der Waals surface area contributed by atoms with E-state index in [0.29, 0.717) is 23.6 Å². The van der Waals surface area contributed by atoms with Gasteiger partial charge < -0.3 is 10.5 Å². The molecule has 0 unspecified atom stereocenters. The van der Waals surface area contributed by atoms with Gasteiger partial charge in [-0.2, -0.15) is 5.26 Å². The van der Waals surface area contributed by atoms with Gasteiger partial charge in [0.05, 0.1) is 21.8 Å². The molecule has 0 amide bonds. The summed E-state index contributed by atoms with van der Waals surface area (Å²) < 4.78 is 6.49. The van der Waals surface area contributed by atoms with Crippen molar-refractivity contribution >= 4 is 21.6 Å². The van der Waals surface area contributed by atoms with Gasteiger partial charge in [-0.25, -0.2) is 0 Å². The van der Waals surface area contributed by atoms with Crippen molar-refractivity contribution in [1.82, 2.24) is 0 Å². The molecule has 0 saturated carbocycles. The predicted molar refractivity (Wildman–Crippen MR) is 74.0 cm³/mol. The van der Waals surface area contributed by atoms with Gasteiger partial charge in [-0.15, -0.1) is 0 Å². The second kappa shape index (κ2) is 5.56. The Morgan fingerprint density at radius 2 is 2.00 bits per heavy atom. The number of anilines is 1. The standard InChI is InChI=1S/C14H11BrN2O/c15-12-5-2-6-13(17)14(12)18-9-11-4-1-3-10(7-11)8-16/h1-7H,9,17H2. The van der Waals surface area contributed by atoms with Gasteiger partial charge in [-0.1, -0.05) is 18.2 Å². The number of para-hydroxylation sites is 1. The van der Waals surface area contributed by atoms with E-state index < -0.39 is 0 Å². The van der Waals surface area contributed by atoms with Crippen LogP contribution < -0.4 is 10.5 Å². The highest BCUT2D eigenvalue weighted by atomic mass is 79.9. The molecular weight excluding hydrogens is 292 g/mol. The van der Waals surface area contributed by atoms with Crippen molar-refractivity contribution < 1.29 is 4.74 Å². The zero-order valence-corrected chi connectivity index (χ0v) is 11.1. The molecule has 2 aromatic carbocycles. The molecule has 0 aliphatic rings. The number of nitriles is 1. The number of ether oxygens (including phenoxy) is 1. The summed E-state index contributed by atoms with van der Waals surface area (Å²) in [5.74, 6) is 0.625. The molecule has 2 N–H and O–H groups in total. The molecular formula is C14H11BrN2O. The van der Waals surface area contributed by atoms with Crippen LogP contribution in [-0.4, -0.2) is 0 Å². The molecule has 0 saturated heterocycles. The molecule has 2 rings (SSSR count). The Labute approximate surface area is 114 Å². The van der Waals surface area contributed by atoms with Crippen LogP contribution in [-0.2, 0) is 6.61 Å². The molecule has 0 atom stereocenters. The first-order valence-electron chi connectivity index (χ1n) is 5.36. The number of nitrogens with zero attached hydrogens (tertiary/aromatic N) is 1. The monoisotopic (exact) mass is 302 g/mol. The van der Waals surface area contributed by atoms with Crippen molar-refractivity contribution in [2.45, 2.75) is 6.61 Å². The van der Waals surface area contributed by atoms with Crippen LogP contribution in [0.3, 0.4) is 0 Å². The number of nitrogens with two attached hydrogens (primary N) is 1. The number of hydrogen-bond acceptors (Lipinski definition) is 3. The molecule has 0 heterocycles. The number of benzene rings is 2. The molecule has 4 heteroatoms. The molecule has 2 aromatic rings. The van der Waals surface area contributed by atoms with E-state index in [9.17, 15) is 0 Å². The van der Waals surface area contributed by atoms with E-state index in [0.717, 1.165) is 10.0 Å². The molecule has 3 nitrogen and oxygen atoms in total. The quantitative estimate of drug-likeness (QED) is 0.883. The van der Waals surface area contributed by atoms with Crippen LogP contribution in [0.2, 0.25) is 0 Å². The Bertz CT molecular complexity index is 585. The van der Waals surface area contributed by atoms with E-state index in [1.54, 1.807) is 18.2 Å². The average molecular weight is 303 g/mol. The highest BCUT2D eigenvalue weighted by Crippen LogP contribution is 2.31. The Hall–Kier alpha value is -1.99. The fourth-order valence-corrected chi connectivity index (χ4v) is 2.06. The van der Waals surface area contributed by atoms with Crippen LogP contribution in [0.25, 0.3) is 0 Å². The number of nitrogen functional groups attached to an aromatic ring is 1. The molecule has 90 valence electrons. The first kappa shape index (κ1) is 12.5. The number of rotatable bonds is 3. The second-order valence-corrected chi connectivity index (χ2v) is 4.61. The average Bonchev–Trinajstić information content (AvgIpc) is 2.38. The molecule has 0 bridgehead atoms. The normalized spacial score (nSPS) is 9.78. The maximum absolute atomic E-state index is 8.82. The minimum absolute atomic E-state index is 0.377. The second-order valence-electron chi connectivity index (χ2n) is 3.76. The molecule has 0 aromatic heterocycles. The van der Waals surface area contributed by atoms with Gasteiger partial charge in [0, 0.05) is 0 Å². The predicted octanol–water partition coefficient (Wildman–Crippen LogP) is 3.48. The Morgan fingerprint density at radius 3 is 2.72 bits per heavy atom. The van der Waals surface area contributed by atoms with E-state index in [1.807, 2.05) is 24.3 Å². The fourth-order valence-electron chi connectivity index (χ4n) is 1.56. The van der Waals surface area contributed by atoms with Gasteiger partial charge in [0.1, 0.15) is 6.61 Å². The topological polar surface area (TPSA) is 59.0 Å². The van der Waals surface area contributed by atoms with Gasteiger partial charge >= 0.3 is 0 Å². The van der Waals surface area contributed by atoms with Crippen molar-refractivity contribution in [1.29, 1.82) is 5.26 Å². The summed E-state index contributed by atoms with van der Waals surface area (Å²) in [5, 5.41) is 8.82. The maximum Gasteiger partial charge on any atom is 0.156 e. The van der Waals surface area contributed by atoms with E-state index in [-0.39, 0.29) is 0 Å². The summed E-state index contributed by atoms with van der Waals surface area (Å²) in [6.07, 6.45) is 0. The smallest absolute Gasteiger partial charge is 0.156 e. The Morgan fingerprint density at radius 1 is 1.22 bits per heavy atom. The van der Waals surface area contributed by atoms with Crippen molar-refractivity contribution in [3.8, 4) is 11.8 Å². The molecule has 0 fully saturated rings. The third-order valence-electron chi connectivity index (χ3n) is 2.44. The van der Waals surface area contributed by atoms with Gasteiger partial charge in [-0.3, -0.25) is 0 Å². The molecule has 0 radical (unpaired) electrons. The lowest BCUT2D eigenvalue weighted by atomic mass is 10.1. The molecule has 0 spiro atoms. The summed E-state index contributed by atoms with van der Waals surface area (Å²) in [6, 6.07) is 14.9. The third-order valence-corrected chi connectivity index (χ3v) is 3.06. The van der Waals surface area contributed by atoms with E-state index >= 15 is 0 Å². The first-order chi connectivity index (χ1) is 8.70. The van der Waals surface area contributed by atoms with Gasteiger partial charge in [0.25, 0.3) is 0 Å². The molecule has 18 heavy (non-hydrogen) atoms. The Balaban J connectivity index is 2.14. The number of halogens is 1. The largest absolute Gasteiger partial charge is 0.486 e. The SMILES string of the molecule is N#Cc1cccc(COc2c(N)cccc2Br)c1.